The van der Waals surface area contributed by atoms with Crippen LogP contribution in [0.3, 0.4) is 0 Å². The first kappa shape index (κ1) is 16.9. The van der Waals surface area contributed by atoms with Crippen molar-refractivity contribution in [1.29, 1.82) is 0 Å². The molecule has 0 aliphatic heterocycles. The molecule has 0 aromatic heterocycles. The standard InChI is InChI=1S/C14H32BrP/c1-5-9-10-14-16(15,11-6-2,12-7-3)13-8-4/h5-14H2,1-4H3. The van der Waals surface area contributed by atoms with Crippen LogP contribution in [0.2, 0.25) is 0 Å². The fraction of sp³-hybridized carbons (Fsp3) is 1.00. The van der Waals surface area contributed by atoms with E-state index >= 15 is 0 Å². The van der Waals surface area contributed by atoms with Gasteiger partial charge in [-0.25, -0.2) is 0 Å². The Kier molecular flexibility index (Phi) is 8.55. The van der Waals surface area contributed by atoms with E-state index in [1.54, 1.807) is 0 Å². The van der Waals surface area contributed by atoms with Crippen molar-refractivity contribution in [2.24, 2.45) is 0 Å². The van der Waals surface area contributed by atoms with Gasteiger partial charge in [0.15, 0.2) is 0 Å². The molecule has 0 heterocycles. The molecular weight excluding hydrogens is 279 g/mol. The number of unbranched alkanes of at least 4 members (excludes halogenated alkanes) is 2. The van der Waals surface area contributed by atoms with E-state index in [0.717, 1.165) is 0 Å². The van der Waals surface area contributed by atoms with Crippen molar-refractivity contribution < 1.29 is 0 Å². The molecule has 0 unspecified atom stereocenters. The first-order valence-corrected chi connectivity index (χ1v) is 12.3. The Hall–Kier alpha value is 0.910. The molecule has 0 N–H and O–H groups in total. The number of hydrogen-bond donors (Lipinski definition) is 0. The summed E-state index contributed by atoms with van der Waals surface area (Å²) in [5, 5.41) is -1.50. The van der Waals surface area contributed by atoms with Gasteiger partial charge in [0.1, 0.15) is 0 Å². The number of hydrogen-bond acceptors (Lipinski definition) is 0. The Morgan fingerprint density at radius 2 is 1.06 bits per heavy atom. The molecule has 100 valence electrons. The van der Waals surface area contributed by atoms with Crippen LogP contribution < -0.4 is 0 Å². The van der Waals surface area contributed by atoms with Crippen LogP contribution in [0.5, 0.6) is 0 Å². The summed E-state index contributed by atoms with van der Waals surface area (Å²) in [7, 11) is 0. The summed E-state index contributed by atoms with van der Waals surface area (Å²) in [5.41, 5.74) is 0. The van der Waals surface area contributed by atoms with Crippen LogP contribution >= 0.6 is 20.8 Å². The summed E-state index contributed by atoms with van der Waals surface area (Å²) in [5.74, 6) is 0. The Labute approximate surface area is 112 Å². The van der Waals surface area contributed by atoms with Crippen LogP contribution in [0, 0.1) is 0 Å². The van der Waals surface area contributed by atoms with Gasteiger partial charge < -0.3 is 0 Å². The molecule has 2 heteroatoms. The Morgan fingerprint density at radius 1 is 0.625 bits per heavy atom. The predicted molar refractivity (Wildman–Crippen MR) is 85.7 cm³/mol. The van der Waals surface area contributed by atoms with Gasteiger partial charge in [0.2, 0.25) is 0 Å². The normalized spacial score (nSPS) is 14.7. The van der Waals surface area contributed by atoms with E-state index in [2.05, 4.69) is 43.2 Å². The predicted octanol–water partition coefficient (Wildman–Crippen LogP) is 6.27. The maximum atomic E-state index is 4.33. The zero-order chi connectivity index (χ0) is 12.5. The molecule has 0 aliphatic rings. The molecule has 0 atom stereocenters. The van der Waals surface area contributed by atoms with Crippen LogP contribution in [0.15, 0.2) is 0 Å². The van der Waals surface area contributed by atoms with Gasteiger partial charge in [-0.3, -0.25) is 0 Å². The van der Waals surface area contributed by atoms with Crippen molar-refractivity contribution in [3.63, 3.8) is 0 Å². The molecule has 0 aliphatic carbocycles. The van der Waals surface area contributed by atoms with E-state index in [1.807, 2.05) is 0 Å². The molecule has 0 aromatic carbocycles. The molecule has 0 nitrogen and oxygen atoms in total. The van der Waals surface area contributed by atoms with Crippen LogP contribution in [-0.4, -0.2) is 24.6 Å². The average molecular weight is 311 g/mol. The molecular formula is C14H32BrP. The molecule has 0 saturated heterocycles. The third-order valence-corrected chi connectivity index (χ3v) is 14.1. The molecule has 0 saturated carbocycles. The van der Waals surface area contributed by atoms with Crippen LogP contribution in [0.4, 0.5) is 0 Å². The van der Waals surface area contributed by atoms with E-state index in [0.29, 0.717) is 0 Å². The Balaban J connectivity index is 4.62. The van der Waals surface area contributed by atoms with Gasteiger partial charge in [-0.05, 0) is 0 Å². The second-order valence-electron chi connectivity index (χ2n) is 5.42. The van der Waals surface area contributed by atoms with Gasteiger partial charge in [0.05, 0.1) is 0 Å². The summed E-state index contributed by atoms with van der Waals surface area (Å²) in [6, 6.07) is 0. The summed E-state index contributed by atoms with van der Waals surface area (Å²) in [6.07, 6.45) is 14.2. The average Bonchev–Trinajstić information content (AvgIpc) is 2.19. The van der Waals surface area contributed by atoms with Gasteiger partial charge in [-0.2, -0.15) is 0 Å². The summed E-state index contributed by atoms with van der Waals surface area (Å²) < 4.78 is 0. The number of rotatable bonds is 10. The topological polar surface area (TPSA) is 0 Å². The Bertz CT molecular complexity index is 160. The van der Waals surface area contributed by atoms with Crippen molar-refractivity contribution in [3.05, 3.63) is 0 Å². The van der Waals surface area contributed by atoms with Gasteiger partial charge in [-0.15, -0.1) is 0 Å². The third-order valence-electron chi connectivity index (χ3n) is 3.67. The molecule has 0 spiro atoms. The minimum atomic E-state index is -1.50. The van der Waals surface area contributed by atoms with Crippen molar-refractivity contribution in [2.45, 2.75) is 66.2 Å². The van der Waals surface area contributed by atoms with Crippen molar-refractivity contribution in [2.75, 3.05) is 24.6 Å². The zero-order valence-electron chi connectivity index (χ0n) is 11.9. The fourth-order valence-corrected chi connectivity index (χ4v) is 12.8. The first-order chi connectivity index (χ1) is 7.54. The third kappa shape index (κ3) is 5.50. The van der Waals surface area contributed by atoms with Crippen LogP contribution in [-0.2, 0) is 0 Å². The summed E-state index contributed by atoms with van der Waals surface area (Å²) in [6.45, 7) is 9.37. The second-order valence-corrected chi connectivity index (χ2v) is 16.9. The summed E-state index contributed by atoms with van der Waals surface area (Å²) >= 11 is 4.33. The number of halogens is 1. The fourth-order valence-electron chi connectivity index (χ4n) is 3.10. The van der Waals surface area contributed by atoms with Crippen molar-refractivity contribution in [3.8, 4) is 0 Å². The van der Waals surface area contributed by atoms with Crippen molar-refractivity contribution >= 4 is 20.8 Å². The first-order valence-electron chi connectivity index (χ1n) is 7.26. The van der Waals surface area contributed by atoms with E-state index in [4.69, 9.17) is 0 Å². The molecule has 0 rings (SSSR count). The molecule has 0 radical (unpaired) electrons. The maximum absolute atomic E-state index is 4.33. The SMILES string of the molecule is CCCCCP(Br)(CCC)(CCC)CCC. The van der Waals surface area contributed by atoms with E-state index < -0.39 is 5.31 Å². The molecule has 0 amide bonds. The van der Waals surface area contributed by atoms with Crippen molar-refractivity contribution in [1.82, 2.24) is 0 Å². The monoisotopic (exact) mass is 310 g/mol. The van der Waals surface area contributed by atoms with E-state index in [1.165, 1.54) is 63.2 Å². The Morgan fingerprint density at radius 3 is 1.38 bits per heavy atom. The van der Waals surface area contributed by atoms with E-state index in [9.17, 15) is 0 Å². The van der Waals surface area contributed by atoms with Crippen LogP contribution in [0.25, 0.3) is 0 Å². The van der Waals surface area contributed by atoms with E-state index in [-0.39, 0.29) is 0 Å². The molecule has 16 heavy (non-hydrogen) atoms. The van der Waals surface area contributed by atoms with Crippen LogP contribution in [0.1, 0.15) is 66.2 Å². The molecule has 0 aromatic rings. The zero-order valence-corrected chi connectivity index (χ0v) is 14.4. The molecule has 0 fully saturated rings. The molecule has 0 bridgehead atoms. The van der Waals surface area contributed by atoms with Gasteiger partial charge in [-0.1, -0.05) is 0 Å². The van der Waals surface area contributed by atoms with Gasteiger partial charge in [0.25, 0.3) is 0 Å². The summed E-state index contributed by atoms with van der Waals surface area (Å²) in [4.78, 5) is 0. The quantitative estimate of drug-likeness (QED) is 0.329. The van der Waals surface area contributed by atoms with Gasteiger partial charge in [0, 0.05) is 0 Å². The minimum absolute atomic E-state index is 1.35. The second kappa shape index (κ2) is 8.09. The van der Waals surface area contributed by atoms with Gasteiger partial charge >= 0.3 is 112 Å².